The van der Waals surface area contributed by atoms with Gasteiger partial charge < -0.3 is 14.7 Å². The third-order valence-electron chi connectivity index (χ3n) is 1.42. The largest absolute Gasteiger partial charge is 0.481 e. The van der Waals surface area contributed by atoms with Crippen LogP contribution in [0.2, 0.25) is 0 Å². The van der Waals surface area contributed by atoms with Crippen LogP contribution in [-0.4, -0.2) is 42.0 Å². The molecule has 0 spiro atoms. The number of carboxylic acid groups (broad SMARTS) is 2. The summed E-state index contributed by atoms with van der Waals surface area (Å²) in [5.41, 5.74) is 0. The molecule has 0 aromatic carbocycles. The first kappa shape index (κ1) is 13.1. The molecule has 0 heterocycles. The second kappa shape index (κ2) is 5.09. The molecule has 14 heavy (non-hydrogen) atoms. The van der Waals surface area contributed by atoms with Crippen molar-refractivity contribution in [3.63, 3.8) is 0 Å². The van der Waals surface area contributed by atoms with Crippen molar-refractivity contribution in [1.29, 1.82) is 0 Å². The molecule has 82 valence electrons. The summed E-state index contributed by atoms with van der Waals surface area (Å²) in [7, 11) is -2.09. The van der Waals surface area contributed by atoms with Gasteiger partial charge in [0.25, 0.3) is 7.52 Å². The first-order chi connectivity index (χ1) is 6.28. The summed E-state index contributed by atoms with van der Waals surface area (Å²) in [6, 6.07) is -1.41. The fourth-order valence-corrected chi connectivity index (χ4v) is 1.57. The quantitative estimate of drug-likeness (QED) is 0.544. The average molecular weight is 225 g/mol. The number of hydrogen-bond donors (Lipinski definition) is 3. The summed E-state index contributed by atoms with van der Waals surface area (Å²) in [5, 5.41) is 19.1. The minimum absolute atomic E-state index is 0.656. The van der Waals surface area contributed by atoms with E-state index in [-0.39, 0.29) is 0 Å². The lowest BCUT2D eigenvalue weighted by Gasteiger charge is -2.17. The lowest BCUT2D eigenvalue weighted by molar-refractivity contribution is -0.145. The molecule has 0 radical (unpaired) electrons. The maximum Gasteiger partial charge on any atom is 0.321 e. The normalized spacial score (nSPS) is 17.0. The van der Waals surface area contributed by atoms with Gasteiger partial charge in [0.2, 0.25) is 0 Å². The van der Waals surface area contributed by atoms with Crippen molar-refractivity contribution in [1.82, 2.24) is 5.09 Å². The van der Waals surface area contributed by atoms with Gasteiger partial charge in [-0.2, -0.15) is 0 Å². The number of carbonyl (C=O) groups is 2. The van der Waals surface area contributed by atoms with E-state index >= 15 is 0 Å². The topological polar surface area (TPSA) is 113 Å². The number of rotatable bonds is 6. The molecule has 7 nitrogen and oxygen atoms in total. The first-order valence-corrected chi connectivity index (χ1v) is 5.71. The monoisotopic (exact) mass is 225 g/mol. The lowest BCUT2D eigenvalue weighted by Crippen LogP contribution is -2.36. The molecule has 2 unspecified atom stereocenters. The Labute approximate surface area is 80.6 Å². The SMILES string of the molecule is COP(C)(=O)NC(CC(=O)O)C(=O)O. The van der Waals surface area contributed by atoms with E-state index in [0.29, 0.717) is 0 Å². The van der Waals surface area contributed by atoms with Gasteiger partial charge in [-0.15, -0.1) is 0 Å². The predicted molar refractivity (Wildman–Crippen MR) is 47.4 cm³/mol. The zero-order valence-electron chi connectivity index (χ0n) is 7.76. The lowest BCUT2D eigenvalue weighted by atomic mass is 10.2. The van der Waals surface area contributed by atoms with Crippen molar-refractivity contribution in [2.45, 2.75) is 12.5 Å². The van der Waals surface area contributed by atoms with Crippen molar-refractivity contribution in [3.8, 4) is 0 Å². The van der Waals surface area contributed by atoms with Crippen molar-refractivity contribution < 1.29 is 28.9 Å². The van der Waals surface area contributed by atoms with E-state index in [1.54, 1.807) is 0 Å². The molecule has 8 heteroatoms. The van der Waals surface area contributed by atoms with Gasteiger partial charge >= 0.3 is 11.9 Å². The van der Waals surface area contributed by atoms with Gasteiger partial charge in [0.15, 0.2) is 0 Å². The van der Waals surface area contributed by atoms with Crippen LogP contribution in [-0.2, 0) is 18.7 Å². The summed E-state index contributed by atoms with van der Waals surface area (Å²) in [4.78, 5) is 20.8. The number of hydrogen-bond acceptors (Lipinski definition) is 4. The fourth-order valence-electron chi connectivity index (χ4n) is 0.699. The van der Waals surface area contributed by atoms with Crippen molar-refractivity contribution in [3.05, 3.63) is 0 Å². The van der Waals surface area contributed by atoms with Crippen LogP contribution in [0.15, 0.2) is 0 Å². The van der Waals surface area contributed by atoms with Crippen LogP contribution in [0, 0.1) is 0 Å². The van der Waals surface area contributed by atoms with Crippen molar-refractivity contribution in [2.75, 3.05) is 13.8 Å². The maximum absolute atomic E-state index is 11.3. The Morgan fingerprint density at radius 2 is 2.00 bits per heavy atom. The standard InChI is InChI=1S/C6H12NO6P/c1-13-14(2,12)7-4(6(10)11)3-5(8)9/h4H,3H2,1-2H3,(H,7,12)(H,8,9)(H,10,11). The Hall–Kier alpha value is -0.910. The molecular formula is C6H12NO6P. The van der Waals surface area contributed by atoms with Crippen LogP contribution >= 0.6 is 7.52 Å². The molecule has 3 N–H and O–H groups in total. The van der Waals surface area contributed by atoms with Crippen LogP contribution in [0.3, 0.4) is 0 Å². The number of carboxylic acids is 2. The molecule has 0 bridgehead atoms. The Balaban J connectivity index is 4.46. The zero-order valence-corrected chi connectivity index (χ0v) is 8.65. The molecule has 0 aliphatic carbocycles. The highest BCUT2D eigenvalue weighted by Gasteiger charge is 2.27. The summed E-state index contributed by atoms with van der Waals surface area (Å²) in [5.74, 6) is -2.67. The predicted octanol–water partition coefficient (Wildman–Crippen LogP) is -0.0268. The summed E-state index contributed by atoms with van der Waals surface area (Å²) < 4.78 is 15.8. The van der Waals surface area contributed by atoms with Crippen LogP contribution in [0.25, 0.3) is 0 Å². The van der Waals surface area contributed by atoms with Gasteiger partial charge in [0.1, 0.15) is 6.04 Å². The molecule has 0 fully saturated rings. The Morgan fingerprint density at radius 1 is 1.50 bits per heavy atom. The second-order valence-electron chi connectivity index (χ2n) is 2.65. The van der Waals surface area contributed by atoms with Crippen LogP contribution < -0.4 is 5.09 Å². The highest BCUT2D eigenvalue weighted by molar-refractivity contribution is 7.56. The Morgan fingerprint density at radius 3 is 2.29 bits per heavy atom. The van der Waals surface area contributed by atoms with Crippen LogP contribution in [0.4, 0.5) is 0 Å². The highest BCUT2D eigenvalue weighted by Crippen LogP contribution is 2.36. The molecule has 0 aromatic heterocycles. The minimum Gasteiger partial charge on any atom is -0.481 e. The summed E-state index contributed by atoms with van der Waals surface area (Å²) >= 11 is 0. The van der Waals surface area contributed by atoms with Crippen LogP contribution in [0.5, 0.6) is 0 Å². The van der Waals surface area contributed by atoms with E-state index in [9.17, 15) is 14.2 Å². The molecule has 0 amide bonds. The summed E-state index contributed by atoms with van der Waals surface area (Å²) in [6.45, 7) is 1.17. The van der Waals surface area contributed by atoms with E-state index in [0.717, 1.165) is 7.11 Å². The van der Waals surface area contributed by atoms with E-state index in [1.165, 1.54) is 6.66 Å². The maximum atomic E-state index is 11.3. The third-order valence-corrected chi connectivity index (χ3v) is 2.89. The van der Waals surface area contributed by atoms with E-state index < -0.39 is 31.9 Å². The van der Waals surface area contributed by atoms with Crippen molar-refractivity contribution in [2.24, 2.45) is 0 Å². The third kappa shape index (κ3) is 4.96. The molecule has 0 rings (SSSR count). The van der Waals surface area contributed by atoms with Crippen molar-refractivity contribution >= 4 is 19.5 Å². The van der Waals surface area contributed by atoms with Gasteiger partial charge in [0.05, 0.1) is 6.42 Å². The van der Waals surface area contributed by atoms with E-state index in [4.69, 9.17) is 10.2 Å². The fraction of sp³-hybridized carbons (Fsp3) is 0.667. The molecule has 0 aromatic rings. The van der Waals surface area contributed by atoms with Gasteiger partial charge in [-0.05, 0) is 0 Å². The van der Waals surface area contributed by atoms with E-state index in [1.807, 2.05) is 0 Å². The molecule has 0 saturated heterocycles. The van der Waals surface area contributed by atoms with Gasteiger partial charge in [-0.25, -0.2) is 5.09 Å². The molecule has 0 aliphatic heterocycles. The first-order valence-electron chi connectivity index (χ1n) is 3.64. The minimum atomic E-state index is -3.23. The molecule has 0 saturated carbocycles. The highest BCUT2D eigenvalue weighted by atomic mass is 31.2. The van der Waals surface area contributed by atoms with Crippen LogP contribution in [0.1, 0.15) is 6.42 Å². The van der Waals surface area contributed by atoms with Gasteiger partial charge in [-0.3, -0.25) is 14.2 Å². The molecule has 0 aliphatic rings. The van der Waals surface area contributed by atoms with Gasteiger partial charge in [0, 0.05) is 13.8 Å². The smallest absolute Gasteiger partial charge is 0.321 e. The number of aliphatic carboxylic acids is 2. The van der Waals surface area contributed by atoms with Gasteiger partial charge in [-0.1, -0.05) is 0 Å². The Bertz CT molecular complexity index is 277. The van der Waals surface area contributed by atoms with E-state index in [2.05, 4.69) is 9.61 Å². The summed E-state index contributed by atoms with van der Waals surface area (Å²) in [6.07, 6.45) is -0.656. The zero-order chi connectivity index (χ0) is 11.4. The molecular weight excluding hydrogens is 213 g/mol. The average Bonchev–Trinajstić information content (AvgIpc) is 2.02. The molecule has 2 atom stereocenters. The Kier molecular flexibility index (Phi) is 4.76. The second-order valence-corrected chi connectivity index (χ2v) is 4.96. The number of nitrogens with one attached hydrogen (secondary N) is 1.